The van der Waals surface area contributed by atoms with Crippen molar-refractivity contribution in [3.63, 3.8) is 0 Å². The molecule has 19 heteroatoms. The second-order valence-corrected chi connectivity index (χ2v) is 29.2. The normalized spacial score (nSPS) is 26.7. The van der Waals surface area contributed by atoms with Gasteiger partial charge in [-0.3, -0.25) is 4.79 Å². The minimum absolute atomic E-state index is 0.236. The number of nitrogens with one attached hydrogen (secondary N) is 1. The summed E-state index contributed by atoms with van der Waals surface area (Å²) in [4.78, 5) is 13.5. The summed E-state index contributed by atoms with van der Waals surface area (Å²) in [5, 5.41) is 121. The predicted octanol–water partition coefficient (Wildman–Crippen LogP) is 13.7. The number of rotatable bonds is 65. The third-order valence-electron chi connectivity index (χ3n) is 20.4. The molecule has 3 saturated heterocycles. The molecular weight excluding hydrogens is 1270 g/mol. The fourth-order valence-corrected chi connectivity index (χ4v) is 13.9. The van der Waals surface area contributed by atoms with E-state index in [1.165, 1.54) is 225 Å². The third-order valence-corrected chi connectivity index (χ3v) is 20.4. The summed E-state index contributed by atoms with van der Waals surface area (Å²) in [5.41, 5.74) is 0. The topological polar surface area (TPSA) is 307 Å². The summed E-state index contributed by atoms with van der Waals surface area (Å²) in [6.07, 6.45) is 50.6. The Morgan fingerprint density at radius 1 is 0.370 bits per heavy atom. The van der Waals surface area contributed by atoms with E-state index in [0.717, 1.165) is 70.6 Å². The van der Waals surface area contributed by atoms with Gasteiger partial charge in [0.25, 0.3) is 0 Å². The number of ether oxygens (including phenoxy) is 6. The van der Waals surface area contributed by atoms with Gasteiger partial charge in [0, 0.05) is 6.42 Å². The number of aliphatic hydroxyl groups excluding tert-OH is 11. The van der Waals surface area contributed by atoms with Crippen LogP contribution in [-0.4, -0.2) is 193 Å². The van der Waals surface area contributed by atoms with Crippen LogP contribution < -0.4 is 5.32 Å². The zero-order valence-electron chi connectivity index (χ0n) is 62.7. The largest absolute Gasteiger partial charge is 0.394 e. The van der Waals surface area contributed by atoms with E-state index in [4.69, 9.17) is 28.4 Å². The average molecular weight is 1430 g/mol. The van der Waals surface area contributed by atoms with Gasteiger partial charge >= 0.3 is 0 Å². The minimum atomic E-state index is -1.97. The Morgan fingerprint density at radius 2 is 0.690 bits per heavy atom. The van der Waals surface area contributed by atoms with Gasteiger partial charge in [-0.25, -0.2) is 0 Å². The molecule has 19 nitrogen and oxygen atoms in total. The number of carbonyl (C=O) groups excluding carboxylic acids is 1. The highest BCUT2D eigenvalue weighted by molar-refractivity contribution is 5.76. The predicted molar refractivity (Wildman–Crippen MR) is 397 cm³/mol. The van der Waals surface area contributed by atoms with Crippen molar-refractivity contribution >= 4 is 5.91 Å². The standard InChI is InChI=1S/C81H149NO18/c1-3-5-7-9-11-13-15-17-19-21-23-25-26-27-28-29-30-31-32-33-34-35-36-37-38-39-41-43-45-47-49-51-53-55-57-59-69(87)82-64(65(86)58-56-54-52-50-48-46-44-42-40-24-22-20-18-16-14-12-10-8-6-4-2)63-95-79-75(93)72(90)77(67(61-84)97-79)100-81-76(94)73(91)78(68(62-85)98-81)99-80-74(92)71(89)70(88)66(60-83)96-80/h5,7,11,13,17,19,23,25,64-68,70-81,83-86,88-94H,3-4,6,8-10,12,14-16,18,20-22,24,26-63H2,1-2H3,(H,82,87)/b7-5-,13-11-,19-17-,25-23-. The Hall–Kier alpha value is -2.25. The first-order valence-corrected chi connectivity index (χ1v) is 40.9. The zero-order chi connectivity index (χ0) is 72.5. The van der Waals surface area contributed by atoms with Gasteiger partial charge in [0.05, 0.1) is 38.6 Å². The van der Waals surface area contributed by atoms with E-state index in [1.807, 2.05) is 0 Å². The molecule has 100 heavy (non-hydrogen) atoms. The summed E-state index contributed by atoms with van der Waals surface area (Å²) in [6, 6.07) is -0.887. The second-order valence-electron chi connectivity index (χ2n) is 29.2. The molecule has 3 fully saturated rings. The van der Waals surface area contributed by atoms with Gasteiger partial charge < -0.3 is 89.9 Å². The van der Waals surface area contributed by atoms with E-state index >= 15 is 0 Å². The maximum Gasteiger partial charge on any atom is 0.220 e. The Kier molecular flexibility index (Phi) is 56.9. The third kappa shape index (κ3) is 41.6. The van der Waals surface area contributed by atoms with E-state index in [0.29, 0.717) is 12.8 Å². The van der Waals surface area contributed by atoms with Crippen molar-refractivity contribution in [3.8, 4) is 0 Å². The Balaban J connectivity index is 1.33. The van der Waals surface area contributed by atoms with Crippen LogP contribution in [0.5, 0.6) is 0 Å². The first-order chi connectivity index (χ1) is 48.8. The van der Waals surface area contributed by atoms with Gasteiger partial charge in [-0.05, 0) is 51.4 Å². The maximum atomic E-state index is 13.5. The molecule has 3 rings (SSSR count). The number of allylic oxidation sites excluding steroid dienone is 8. The number of aliphatic hydroxyl groups is 11. The molecular formula is C81H149NO18. The highest BCUT2D eigenvalue weighted by Crippen LogP contribution is 2.33. The minimum Gasteiger partial charge on any atom is -0.394 e. The number of hydrogen-bond acceptors (Lipinski definition) is 18. The Bertz CT molecular complexity index is 1990. The van der Waals surface area contributed by atoms with Crippen LogP contribution in [0.4, 0.5) is 0 Å². The van der Waals surface area contributed by atoms with Crippen molar-refractivity contribution in [2.45, 2.75) is 433 Å². The van der Waals surface area contributed by atoms with E-state index in [-0.39, 0.29) is 18.9 Å². The maximum absolute atomic E-state index is 13.5. The van der Waals surface area contributed by atoms with E-state index in [2.05, 4.69) is 67.8 Å². The molecule has 3 aliphatic heterocycles. The van der Waals surface area contributed by atoms with Crippen LogP contribution in [-0.2, 0) is 33.2 Å². The lowest BCUT2D eigenvalue weighted by molar-refractivity contribution is -0.379. The van der Waals surface area contributed by atoms with Crippen molar-refractivity contribution in [3.05, 3.63) is 48.6 Å². The number of carbonyl (C=O) groups is 1. The lowest BCUT2D eigenvalue weighted by atomic mass is 9.96. The molecule has 0 bridgehead atoms. The van der Waals surface area contributed by atoms with Gasteiger partial charge in [-0.1, -0.05) is 319 Å². The van der Waals surface area contributed by atoms with Crippen LogP contribution in [0.25, 0.3) is 0 Å². The highest BCUT2D eigenvalue weighted by atomic mass is 16.8. The lowest BCUT2D eigenvalue weighted by Crippen LogP contribution is -2.66. The van der Waals surface area contributed by atoms with E-state index in [9.17, 15) is 61.0 Å². The lowest BCUT2D eigenvalue weighted by Gasteiger charge is -2.48. The molecule has 3 aliphatic rings. The van der Waals surface area contributed by atoms with Crippen molar-refractivity contribution in [1.82, 2.24) is 5.32 Å². The Morgan fingerprint density at radius 3 is 1.08 bits per heavy atom. The summed E-state index contributed by atoms with van der Waals surface area (Å²) in [7, 11) is 0. The molecule has 12 N–H and O–H groups in total. The second kappa shape index (κ2) is 61.9. The first kappa shape index (κ1) is 92.0. The van der Waals surface area contributed by atoms with Crippen molar-refractivity contribution in [2.75, 3.05) is 26.4 Å². The summed E-state index contributed by atoms with van der Waals surface area (Å²) in [6.45, 7) is 1.74. The average Bonchev–Trinajstić information content (AvgIpc) is 0.783. The SMILES string of the molecule is CC/C=C\C/C=C\C/C=C\C/C=C\CCCCCCCCCCCCCCCCCCCCCCCCC(=O)NC(COC1OC(CO)C(OC2OC(CO)C(OC3OC(CO)C(O)C(O)C3O)C(O)C2O)C(O)C1O)C(O)CCCCCCCCCCCCCCCCCCCCCC. The molecule has 17 atom stereocenters. The fraction of sp³-hybridized carbons (Fsp3) is 0.889. The molecule has 0 saturated carbocycles. The zero-order valence-corrected chi connectivity index (χ0v) is 62.7. The fourth-order valence-electron chi connectivity index (χ4n) is 13.9. The van der Waals surface area contributed by atoms with Gasteiger partial charge in [0.2, 0.25) is 5.91 Å². The van der Waals surface area contributed by atoms with Gasteiger partial charge in [0.15, 0.2) is 18.9 Å². The van der Waals surface area contributed by atoms with E-state index < -0.39 is 124 Å². The molecule has 17 unspecified atom stereocenters. The van der Waals surface area contributed by atoms with Crippen LogP contribution >= 0.6 is 0 Å². The van der Waals surface area contributed by atoms with Crippen LogP contribution in [0, 0.1) is 0 Å². The summed E-state index contributed by atoms with van der Waals surface area (Å²) >= 11 is 0. The molecule has 0 radical (unpaired) electrons. The highest BCUT2D eigenvalue weighted by Gasteiger charge is 2.54. The number of unbranched alkanes of at least 4 members (excludes halogenated alkanes) is 41. The molecule has 586 valence electrons. The molecule has 0 aromatic heterocycles. The smallest absolute Gasteiger partial charge is 0.220 e. The van der Waals surface area contributed by atoms with Gasteiger partial charge in [0.1, 0.15) is 73.2 Å². The van der Waals surface area contributed by atoms with Crippen molar-refractivity contribution in [1.29, 1.82) is 0 Å². The monoisotopic (exact) mass is 1420 g/mol. The van der Waals surface area contributed by atoms with Gasteiger partial charge in [-0.15, -0.1) is 0 Å². The summed E-state index contributed by atoms with van der Waals surface area (Å²) < 4.78 is 34.5. The first-order valence-electron chi connectivity index (χ1n) is 40.9. The van der Waals surface area contributed by atoms with Crippen molar-refractivity contribution in [2.24, 2.45) is 0 Å². The Labute approximate surface area is 605 Å². The molecule has 3 heterocycles. The van der Waals surface area contributed by atoms with Crippen LogP contribution in [0.1, 0.15) is 328 Å². The van der Waals surface area contributed by atoms with Crippen LogP contribution in [0.3, 0.4) is 0 Å². The molecule has 1 amide bonds. The van der Waals surface area contributed by atoms with Crippen LogP contribution in [0.15, 0.2) is 48.6 Å². The molecule has 0 aliphatic carbocycles. The number of hydrogen-bond donors (Lipinski definition) is 12. The molecule has 0 aromatic carbocycles. The quantitative estimate of drug-likeness (QED) is 0.0199. The van der Waals surface area contributed by atoms with Crippen LogP contribution in [0.2, 0.25) is 0 Å². The number of amides is 1. The van der Waals surface area contributed by atoms with E-state index in [1.54, 1.807) is 0 Å². The van der Waals surface area contributed by atoms with Crippen molar-refractivity contribution < 1.29 is 89.4 Å². The summed E-state index contributed by atoms with van der Waals surface area (Å²) in [5.74, 6) is -0.236. The molecule has 0 aromatic rings. The molecule has 0 spiro atoms. The van der Waals surface area contributed by atoms with Gasteiger partial charge in [-0.2, -0.15) is 0 Å².